The molecule has 3 fully saturated rings. The standard InChI is InChI=1S/C13H22N2O/c1-12(2)7-10(12)8-15-9-14-13(11(15)16)5-3-4-6-13/h10,14H,3-9H2,1-2H3. The van der Waals surface area contributed by atoms with E-state index in [9.17, 15) is 4.79 Å². The Morgan fingerprint density at radius 3 is 2.56 bits per heavy atom. The number of rotatable bonds is 2. The van der Waals surface area contributed by atoms with Gasteiger partial charge in [0, 0.05) is 6.54 Å². The van der Waals surface area contributed by atoms with Gasteiger partial charge in [0.05, 0.1) is 12.2 Å². The Labute approximate surface area is 97.6 Å². The molecule has 16 heavy (non-hydrogen) atoms. The summed E-state index contributed by atoms with van der Waals surface area (Å²) in [5, 5.41) is 3.47. The summed E-state index contributed by atoms with van der Waals surface area (Å²) in [4.78, 5) is 14.4. The van der Waals surface area contributed by atoms with Gasteiger partial charge in [-0.1, -0.05) is 26.7 Å². The van der Waals surface area contributed by atoms with Gasteiger partial charge in [-0.05, 0) is 30.6 Å². The van der Waals surface area contributed by atoms with Gasteiger partial charge in [-0.3, -0.25) is 10.1 Å². The summed E-state index contributed by atoms with van der Waals surface area (Å²) in [6.07, 6.45) is 5.81. The van der Waals surface area contributed by atoms with Crippen LogP contribution in [-0.2, 0) is 4.79 Å². The molecule has 0 aromatic carbocycles. The van der Waals surface area contributed by atoms with E-state index in [1.807, 2.05) is 0 Å². The van der Waals surface area contributed by atoms with Crippen molar-refractivity contribution >= 4 is 5.91 Å². The number of carbonyl (C=O) groups excluding carboxylic acids is 1. The van der Waals surface area contributed by atoms with Crippen molar-refractivity contribution < 1.29 is 4.79 Å². The quantitative estimate of drug-likeness (QED) is 0.772. The molecule has 1 heterocycles. The third-order valence-corrected chi connectivity index (χ3v) is 4.92. The van der Waals surface area contributed by atoms with Crippen LogP contribution in [0.2, 0.25) is 0 Å². The molecule has 1 atom stereocenters. The summed E-state index contributed by atoms with van der Waals surface area (Å²) >= 11 is 0. The lowest BCUT2D eigenvalue weighted by Crippen LogP contribution is -2.44. The highest BCUT2D eigenvalue weighted by Crippen LogP contribution is 2.52. The van der Waals surface area contributed by atoms with Crippen LogP contribution in [0.15, 0.2) is 0 Å². The van der Waals surface area contributed by atoms with Gasteiger partial charge >= 0.3 is 0 Å². The lowest BCUT2D eigenvalue weighted by atomic mass is 9.98. The van der Waals surface area contributed by atoms with Gasteiger partial charge in [-0.2, -0.15) is 0 Å². The molecular formula is C13H22N2O. The third kappa shape index (κ3) is 1.48. The van der Waals surface area contributed by atoms with E-state index in [0.29, 0.717) is 11.3 Å². The topological polar surface area (TPSA) is 32.3 Å². The van der Waals surface area contributed by atoms with Crippen LogP contribution in [0.4, 0.5) is 0 Å². The maximum Gasteiger partial charge on any atom is 0.243 e. The highest BCUT2D eigenvalue weighted by atomic mass is 16.2. The summed E-state index contributed by atoms with van der Waals surface area (Å²) in [6, 6.07) is 0. The molecule has 2 saturated carbocycles. The van der Waals surface area contributed by atoms with Crippen LogP contribution in [-0.4, -0.2) is 29.6 Å². The third-order valence-electron chi connectivity index (χ3n) is 4.92. The Bertz CT molecular complexity index is 318. The van der Waals surface area contributed by atoms with Crippen molar-refractivity contribution in [2.24, 2.45) is 11.3 Å². The fraction of sp³-hybridized carbons (Fsp3) is 0.923. The van der Waals surface area contributed by atoms with Crippen LogP contribution >= 0.6 is 0 Å². The Morgan fingerprint density at radius 1 is 1.38 bits per heavy atom. The van der Waals surface area contributed by atoms with Crippen molar-refractivity contribution in [3.8, 4) is 0 Å². The SMILES string of the molecule is CC1(C)CC1CN1CNC2(CCCC2)C1=O. The zero-order valence-corrected chi connectivity index (χ0v) is 10.4. The van der Waals surface area contributed by atoms with Gasteiger partial charge < -0.3 is 4.90 Å². The number of nitrogens with zero attached hydrogens (tertiary/aromatic N) is 1. The molecule has 1 unspecified atom stereocenters. The molecular weight excluding hydrogens is 200 g/mol. The van der Waals surface area contributed by atoms with Crippen LogP contribution in [0.25, 0.3) is 0 Å². The van der Waals surface area contributed by atoms with Crippen LogP contribution in [0.3, 0.4) is 0 Å². The second kappa shape index (κ2) is 3.22. The number of carbonyl (C=O) groups is 1. The zero-order valence-electron chi connectivity index (χ0n) is 10.4. The Kier molecular flexibility index (Phi) is 2.13. The second-order valence-corrected chi connectivity index (χ2v) is 6.54. The molecule has 3 heteroatoms. The van der Waals surface area contributed by atoms with E-state index in [4.69, 9.17) is 0 Å². The molecule has 3 rings (SSSR count). The van der Waals surface area contributed by atoms with Gasteiger partial charge in [-0.15, -0.1) is 0 Å². The molecule has 0 bridgehead atoms. The molecule has 1 N–H and O–H groups in total. The first kappa shape index (κ1) is 10.6. The van der Waals surface area contributed by atoms with Crippen molar-refractivity contribution in [2.45, 2.75) is 51.5 Å². The minimum atomic E-state index is -0.154. The minimum absolute atomic E-state index is 0.154. The Hall–Kier alpha value is -0.570. The van der Waals surface area contributed by atoms with Crippen molar-refractivity contribution in [2.75, 3.05) is 13.2 Å². The van der Waals surface area contributed by atoms with Crippen molar-refractivity contribution in [3.63, 3.8) is 0 Å². The molecule has 2 aliphatic carbocycles. The van der Waals surface area contributed by atoms with E-state index in [2.05, 4.69) is 24.1 Å². The number of nitrogens with one attached hydrogen (secondary N) is 1. The minimum Gasteiger partial charge on any atom is -0.328 e. The second-order valence-electron chi connectivity index (χ2n) is 6.54. The Morgan fingerprint density at radius 2 is 2.00 bits per heavy atom. The van der Waals surface area contributed by atoms with Crippen LogP contribution < -0.4 is 5.32 Å². The summed E-state index contributed by atoms with van der Waals surface area (Å²) in [5.74, 6) is 1.11. The molecule has 0 aromatic heterocycles. The predicted molar refractivity (Wildman–Crippen MR) is 62.8 cm³/mol. The first-order chi connectivity index (χ1) is 7.54. The lowest BCUT2D eigenvalue weighted by molar-refractivity contribution is -0.132. The average Bonchev–Trinajstić information content (AvgIpc) is 2.67. The van der Waals surface area contributed by atoms with Crippen molar-refractivity contribution in [3.05, 3.63) is 0 Å². The van der Waals surface area contributed by atoms with E-state index >= 15 is 0 Å². The number of amides is 1. The average molecular weight is 222 g/mol. The first-order valence-corrected chi connectivity index (χ1v) is 6.58. The summed E-state index contributed by atoms with van der Waals surface area (Å²) in [5.41, 5.74) is 0.324. The summed E-state index contributed by atoms with van der Waals surface area (Å²) in [6.45, 7) is 6.36. The fourth-order valence-corrected chi connectivity index (χ4v) is 3.37. The fourth-order valence-electron chi connectivity index (χ4n) is 3.37. The summed E-state index contributed by atoms with van der Waals surface area (Å²) in [7, 11) is 0. The maximum atomic E-state index is 12.4. The van der Waals surface area contributed by atoms with E-state index in [0.717, 1.165) is 32.0 Å². The smallest absolute Gasteiger partial charge is 0.243 e. The number of hydrogen-bond donors (Lipinski definition) is 1. The van der Waals surface area contributed by atoms with Gasteiger partial charge in [0.25, 0.3) is 0 Å². The van der Waals surface area contributed by atoms with Crippen molar-refractivity contribution in [1.29, 1.82) is 0 Å². The molecule has 0 radical (unpaired) electrons. The maximum absolute atomic E-state index is 12.4. The number of hydrogen-bond acceptors (Lipinski definition) is 2. The molecule has 90 valence electrons. The molecule has 3 nitrogen and oxygen atoms in total. The van der Waals surface area contributed by atoms with Crippen LogP contribution in [0.1, 0.15) is 46.0 Å². The molecule has 1 spiro atoms. The molecule has 1 saturated heterocycles. The van der Waals surface area contributed by atoms with Gasteiger partial charge in [0.15, 0.2) is 0 Å². The van der Waals surface area contributed by atoms with Crippen LogP contribution in [0.5, 0.6) is 0 Å². The molecule has 1 aliphatic heterocycles. The van der Waals surface area contributed by atoms with E-state index in [-0.39, 0.29) is 5.54 Å². The Balaban J connectivity index is 1.64. The zero-order chi connectivity index (χ0) is 11.4. The van der Waals surface area contributed by atoms with Crippen molar-refractivity contribution in [1.82, 2.24) is 10.2 Å². The highest BCUT2D eigenvalue weighted by Gasteiger charge is 2.52. The molecule has 3 aliphatic rings. The molecule has 1 amide bonds. The summed E-state index contributed by atoms with van der Waals surface area (Å²) < 4.78 is 0. The molecule has 0 aromatic rings. The van der Waals surface area contributed by atoms with E-state index in [1.165, 1.54) is 19.3 Å². The first-order valence-electron chi connectivity index (χ1n) is 6.58. The largest absolute Gasteiger partial charge is 0.328 e. The lowest BCUT2D eigenvalue weighted by Gasteiger charge is -2.21. The monoisotopic (exact) mass is 222 g/mol. The van der Waals surface area contributed by atoms with Gasteiger partial charge in [0.2, 0.25) is 5.91 Å². The van der Waals surface area contributed by atoms with Gasteiger partial charge in [0.1, 0.15) is 0 Å². The van der Waals surface area contributed by atoms with E-state index < -0.39 is 0 Å². The van der Waals surface area contributed by atoms with E-state index in [1.54, 1.807) is 0 Å². The normalized spacial score (nSPS) is 35.0. The van der Waals surface area contributed by atoms with Crippen LogP contribution in [0, 0.1) is 11.3 Å². The highest BCUT2D eigenvalue weighted by molar-refractivity contribution is 5.88. The van der Waals surface area contributed by atoms with Gasteiger partial charge in [-0.25, -0.2) is 0 Å². The predicted octanol–water partition coefficient (Wildman–Crippen LogP) is 1.73.